The first-order valence-electron chi connectivity index (χ1n) is 4.09. The van der Waals surface area contributed by atoms with Gasteiger partial charge in [0.15, 0.2) is 8.84 Å². The topological polar surface area (TPSA) is 38.7 Å². The van der Waals surface area contributed by atoms with Crippen LogP contribution in [0.5, 0.6) is 0 Å². The molecule has 0 spiro atoms. The van der Waals surface area contributed by atoms with E-state index in [0.29, 0.717) is 0 Å². The molecule has 2 aromatic heterocycles. The quantitative estimate of drug-likeness (QED) is 0.759. The molecule has 0 N–H and O–H groups in total. The van der Waals surface area contributed by atoms with Gasteiger partial charge in [0.25, 0.3) is 0 Å². The van der Waals surface area contributed by atoms with Crippen LogP contribution in [0.15, 0.2) is 12.3 Å². The molecule has 2 rings (SSSR count). The second kappa shape index (κ2) is 3.90. The lowest BCUT2D eigenvalue weighted by molar-refractivity contribution is 1.17. The molecule has 0 saturated carbocycles. The standard InChI is InChI=1S/C9H8IN3S/c1-5-3-6(2)7(11-4-5)8-12-9(10)14-13-8/h3-4H,1-2H3. The minimum absolute atomic E-state index is 0.733. The van der Waals surface area contributed by atoms with E-state index in [1.165, 1.54) is 11.5 Å². The third-order valence-electron chi connectivity index (χ3n) is 1.83. The van der Waals surface area contributed by atoms with Crippen molar-refractivity contribution in [3.8, 4) is 11.5 Å². The lowest BCUT2D eigenvalue weighted by Crippen LogP contribution is -1.91. The molecule has 0 unspecified atom stereocenters. The Morgan fingerprint density at radius 1 is 1.36 bits per heavy atom. The van der Waals surface area contributed by atoms with Crippen molar-refractivity contribution in [1.29, 1.82) is 0 Å². The maximum Gasteiger partial charge on any atom is 0.192 e. The number of aryl methyl sites for hydroxylation is 2. The summed E-state index contributed by atoms with van der Waals surface area (Å²) >= 11 is 3.56. The van der Waals surface area contributed by atoms with Crippen LogP contribution in [0.4, 0.5) is 0 Å². The molecule has 0 aliphatic carbocycles. The maximum atomic E-state index is 4.34. The van der Waals surface area contributed by atoms with Crippen LogP contribution in [0.3, 0.4) is 0 Å². The molecule has 0 radical (unpaired) electrons. The van der Waals surface area contributed by atoms with E-state index in [1.807, 2.05) is 20.0 Å². The fourth-order valence-electron chi connectivity index (χ4n) is 1.25. The number of nitrogens with zero attached hydrogens (tertiary/aromatic N) is 3. The largest absolute Gasteiger partial charge is 0.252 e. The van der Waals surface area contributed by atoms with Crippen LogP contribution < -0.4 is 0 Å². The Morgan fingerprint density at radius 2 is 2.14 bits per heavy atom. The number of hydrogen-bond donors (Lipinski definition) is 0. The second-order valence-electron chi connectivity index (χ2n) is 3.05. The van der Waals surface area contributed by atoms with E-state index in [4.69, 9.17) is 0 Å². The fraction of sp³-hybridized carbons (Fsp3) is 0.222. The fourth-order valence-corrected chi connectivity index (χ4v) is 2.19. The maximum absolute atomic E-state index is 4.34. The summed E-state index contributed by atoms with van der Waals surface area (Å²) in [5.41, 5.74) is 3.17. The predicted octanol–water partition coefficient (Wildman–Crippen LogP) is 2.82. The van der Waals surface area contributed by atoms with Crippen molar-refractivity contribution in [3.63, 3.8) is 0 Å². The lowest BCUT2D eigenvalue weighted by Gasteiger charge is -2.00. The van der Waals surface area contributed by atoms with Crippen LogP contribution in [-0.4, -0.2) is 14.3 Å². The van der Waals surface area contributed by atoms with Gasteiger partial charge >= 0.3 is 0 Å². The Hall–Kier alpha value is -0.560. The number of halogens is 1. The molecular formula is C9H8IN3S. The molecule has 3 nitrogen and oxygen atoms in total. The summed E-state index contributed by atoms with van der Waals surface area (Å²) in [6.45, 7) is 4.06. The third-order valence-corrected chi connectivity index (χ3v) is 3.17. The average Bonchev–Trinajstić information content (AvgIpc) is 2.51. The molecule has 0 aliphatic rings. The molecule has 0 atom stereocenters. The Bertz CT molecular complexity index is 467. The summed E-state index contributed by atoms with van der Waals surface area (Å²) in [6.07, 6.45) is 1.84. The van der Waals surface area contributed by atoms with Crippen molar-refractivity contribution in [2.75, 3.05) is 0 Å². The zero-order valence-electron chi connectivity index (χ0n) is 7.78. The van der Waals surface area contributed by atoms with Crippen molar-refractivity contribution < 1.29 is 0 Å². The van der Waals surface area contributed by atoms with Crippen LogP contribution in [0.1, 0.15) is 11.1 Å². The van der Waals surface area contributed by atoms with E-state index in [0.717, 1.165) is 25.7 Å². The van der Waals surface area contributed by atoms with Gasteiger partial charge in [0.1, 0.15) is 5.69 Å². The van der Waals surface area contributed by atoms with Crippen molar-refractivity contribution in [2.45, 2.75) is 13.8 Å². The first kappa shape index (κ1) is 9.97. The predicted molar refractivity (Wildman–Crippen MR) is 65.3 cm³/mol. The van der Waals surface area contributed by atoms with Crippen LogP contribution in [0, 0.1) is 16.9 Å². The normalized spacial score (nSPS) is 10.5. The summed E-state index contributed by atoms with van der Waals surface area (Å²) in [5, 5.41) is 0. The molecule has 14 heavy (non-hydrogen) atoms. The van der Waals surface area contributed by atoms with Gasteiger partial charge in [-0.1, -0.05) is 6.07 Å². The summed E-state index contributed by atoms with van der Waals surface area (Å²) in [5.74, 6) is 0.733. The van der Waals surface area contributed by atoms with Gasteiger partial charge < -0.3 is 0 Å². The SMILES string of the molecule is Cc1cnc(-c2nsc(I)n2)c(C)c1. The van der Waals surface area contributed by atoms with Gasteiger partial charge in [0.05, 0.1) is 0 Å². The monoisotopic (exact) mass is 317 g/mol. The van der Waals surface area contributed by atoms with E-state index < -0.39 is 0 Å². The zero-order valence-corrected chi connectivity index (χ0v) is 10.8. The molecular weight excluding hydrogens is 309 g/mol. The highest BCUT2D eigenvalue weighted by Gasteiger charge is 2.08. The summed E-state index contributed by atoms with van der Waals surface area (Å²) in [4.78, 5) is 8.64. The highest BCUT2D eigenvalue weighted by molar-refractivity contribution is 14.1. The van der Waals surface area contributed by atoms with Gasteiger partial charge in [-0.25, -0.2) is 4.98 Å². The highest BCUT2D eigenvalue weighted by atomic mass is 127. The van der Waals surface area contributed by atoms with Gasteiger partial charge in [-0.3, -0.25) is 4.98 Å². The van der Waals surface area contributed by atoms with Crippen LogP contribution >= 0.6 is 34.1 Å². The minimum Gasteiger partial charge on any atom is -0.252 e. The van der Waals surface area contributed by atoms with E-state index >= 15 is 0 Å². The van der Waals surface area contributed by atoms with Crippen LogP contribution in [-0.2, 0) is 0 Å². The van der Waals surface area contributed by atoms with Crippen LogP contribution in [0.25, 0.3) is 11.5 Å². The molecule has 5 heteroatoms. The smallest absolute Gasteiger partial charge is 0.192 e. The zero-order chi connectivity index (χ0) is 10.1. The average molecular weight is 317 g/mol. The molecule has 2 heterocycles. The number of rotatable bonds is 1. The van der Waals surface area contributed by atoms with Gasteiger partial charge in [0.2, 0.25) is 0 Å². The van der Waals surface area contributed by atoms with Crippen molar-refractivity contribution in [3.05, 3.63) is 26.4 Å². The first-order valence-corrected chi connectivity index (χ1v) is 5.95. The van der Waals surface area contributed by atoms with Gasteiger partial charge in [-0.2, -0.15) is 4.37 Å². The number of aromatic nitrogens is 3. The van der Waals surface area contributed by atoms with E-state index in [-0.39, 0.29) is 0 Å². The van der Waals surface area contributed by atoms with Gasteiger partial charge in [-0.15, -0.1) is 0 Å². The van der Waals surface area contributed by atoms with Crippen molar-refractivity contribution >= 4 is 34.1 Å². The molecule has 0 fully saturated rings. The molecule has 72 valence electrons. The Labute approximate surface area is 99.9 Å². The number of hydrogen-bond acceptors (Lipinski definition) is 4. The minimum atomic E-state index is 0.733. The van der Waals surface area contributed by atoms with Gasteiger partial charge in [-0.05, 0) is 59.1 Å². The molecule has 0 aliphatic heterocycles. The summed E-state index contributed by atoms with van der Waals surface area (Å²) < 4.78 is 5.18. The summed E-state index contributed by atoms with van der Waals surface area (Å²) in [7, 11) is 0. The molecule has 2 aromatic rings. The van der Waals surface area contributed by atoms with Crippen molar-refractivity contribution in [2.24, 2.45) is 0 Å². The third kappa shape index (κ3) is 1.93. The van der Waals surface area contributed by atoms with E-state index in [1.54, 1.807) is 0 Å². The molecule has 0 saturated heterocycles. The summed E-state index contributed by atoms with van der Waals surface area (Å²) in [6, 6.07) is 2.09. The lowest BCUT2D eigenvalue weighted by atomic mass is 10.1. The first-order chi connectivity index (χ1) is 6.66. The van der Waals surface area contributed by atoms with Crippen LogP contribution in [0.2, 0.25) is 0 Å². The Balaban J connectivity index is 2.52. The van der Waals surface area contributed by atoms with E-state index in [2.05, 4.69) is 43.0 Å². The number of pyridine rings is 1. The Morgan fingerprint density at radius 3 is 2.71 bits per heavy atom. The highest BCUT2D eigenvalue weighted by Crippen LogP contribution is 2.20. The second-order valence-corrected chi connectivity index (χ2v) is 5.55. The van der Waals surface area contributed by atoms with Crippen molar-refractivity contribution in [1.82, 2.24) is 14.3 Å². The Kier molecular flexibility index (Phi) is 2.78. The van der Waals surface area contributed by atoms with Gasteiger partial charge in [0, 0.05) is 6.20 Å². The molecule has 0 bridgehead atoms. The molecule has 0 aromatic carbocycles. The van der Waals surface area contributed by atoms with E-state index in [9.17, 15) is 0 Å². The molecule has 0 amide bonds.